The zero-order valence-electron chi connectivity index (χ0n) is 13.1. The Morgan fingerprint density at radius 1 is 1.17 bits per heavy atom. The Balaban J connectivity index is 1.67. The van der Waals surface area contributed by atoms with Crippen LogP contribution in [0.1, 0.15) is 12.0 Å². The number of benzene rings is 1. The largest absolute Gasteiger partial charge is 0.481 e. The summed E-state index contributed by atoms with van der Waals surface area (Å²) in [5, 5.41) is 12.3. The molecule has 2 N–H and O–H groups in total. The van der Waals surface area contributed by atoms with Gasteiger partial charge in [-0.1, -0.05) is 24.3 Å². The Morgan fingerprint density at radius 3 is 2.43 bits per heavy atom. The van der Waals surface area contributed by atoms with Gasteiger partial charge in [0.05, 0.1) is 11.8 Å². The molecule has 4 nitrogen and oxygen atoms in total. The predicted octanol–water partition coefficient (Wildman–Crippen LogP) is 3.05. The molecule has 3 rings (SSSR count). The highest BCUT2D eigenvalue weighted by atomic mass is 32.2. The molecule has 23 heavy (non-hydrogen) atoms. The van der Waals surface area contributed by atoms with Crippen molar-refractivity contribution in [2.75, 3.05) is 17.3 Å². The summed E-state index contributed by atoms with van der Waals surface area (Å²) in [6.07, 6.45) is 7.82. The van der Waals surface area contributed by atoms with Crippen LogP contribution >= 0.6 is 11.8 Å². The molecule has 1 amide bonds. The molecular formula is C18H21NO3S. The van der Waals surface area contributed by atoms with Crippen molar-refractivity contribution in [3.05, 3.63) is 42.0 Å². The molecule has 1 saturated carbocycles. The third-order valence-corrected chi connectivity index (χ3v) is 5.48. The summed E-state index contributed by atoms with van der Waals surface area (Å²) in [6.45, 7) is 0. The average molecular weight is 331 g/mol. The number of hydrogen-bond donors (Lipinski definition) is 2. The fraction of sp³-hybridized carbons (Fsp3) is 0.444. The van der Waals surface area contributed by atoms with Crippen LogP contribution in [0.4, 0.5) is 5.69 Å². The van der Waals surface area contributed by atoms with Gasteiger partial charge in [-0.25, -0.2) is 0 Å². The van der Waals surface area contributed by atoms with E-state index in [2.05, 4.69) is 11.6 Å². The van der Waals surface area contributed by atoms with Crippen LogP contribution in [-0.2, 0) is 16.0 Å². The van der Waals surface area contributed by atoms with Gasteiger partial charge in [0, 0.05) is 5.69 Å². The van der Waals surface area contributed by atoms with Crippen molar-refractivity contribution in [2.45, 2.75) is 12.8 Å². The van der Waals surface area contributed by atoms with Crippen LogP contribution in [0.15, 0.2) is 36.4 Å². The number of nitrogens with one attached hydrogen (secondary N) is 1. The molecule has 1 fully saturated rings. The standard InChI is InChI=1S/C18H21NO3S/c1-23-9-8-11-2-6-14(7-3-11)19-17(20)15-12-4-5-13(10-12)16(15)18(21)22/h2-7,12-13,15-16H,8-10H2,1H3,(H,19,20)(H,21,22). The summed E-state index contributed by atoms with van der Waals surface area (Å²) in [7, 11) is 0. The van der Waals surface area contributed by atoms with E-state index in [1.165, 1.54) is 5.56 Å². The second-order valence-electron chi connectivity index (χ2n) is 6.27. The maximum Gasteiger partial charge on any atom is 0.307 e. The first-order valence-electron chi connectivity index (χ1n) is 7.90. The maximum absolute atomic E-state index is 12.6. The number of aliphatic carboxylic acids is 1. The number of carboxylic acids is 1. The summed E-state index contributed by atoms with van der Waals surface area (Å²) in [5.41, 5.74) is 1.97. The van der Waals surface area contributed by atoms with Crippen molar-refractivity contribution < 1.29 is 14.7 Å². The number of hydrogen-bond acceptors (Lipinski definition) is 3. The minimum atomic E-state index is -0.866. The Morgan fingerprint density at radius 2 is 1.83 bits per heavy atom. The predicted molar refractivity (Wildman–Crippen MR) is 92.5 cm³/mol. The number of allylic oxidation sites excluding steroid dienone is 2. The zero-order valence-corrected chi connectivity index (χ0v) is 13.9. The van der Waals surface area contributed by atoms with Crippen molar-refractivity contribution in [1.82, 2.24) is 0 Å². The van der Waals surface area contributed by atoms with Gasteiger partial charge in [0.25, 0.3) is 0 Å². The third-order valence-electron chi connectivity index (χ3n) is 4.86. The van der Waals surface area contributed by atoms with Crippen LogP contribution in [0.2, 0.25) is 0 Å². The first-order chi connectivity index (χ1) is 11.1. The van der Waals surface area contributed by atoms with Gasteiger partial charge in [0.2, 0.25) is 5.91 Å². The van der Waals surface area contributed by atoms with E-state index in [0.717, 1.165) is 24.3 Å². The molecule has 1 aromatic rings. The number of carbonyl (C=O) groups excluding carboxylic acids is 1. The van der Waals surface area contributed by atoms with Crippen molar-refractivity contribution in [1.29, 1.82) is 0 Å². The van der Waals surface area contributed by atoms with E-state index < -0.39 is 17.8 Å². The maximum atomic E-state index is 12.6. The smallest absolute Gasteiger partial charge is 0.307 e. The molecule has 2 aliphatic rings. The average Bonchev–Trinajstić information content (AvgIpc) is 3.15. The number of anilines is 1. The molecule has 5 heteroatoms. The van der Waals surface area contributed by atoms with Crippen LogP contribution < -0.4 is 5.32 Å². The fourth-order valence-electron chi connectivity index (χ4n) is 3.72. The number of carbonyl (C=O) groups is 2. The molecule has 0 saturated heterocycles. The highest BCUT2D eigenvalue weighted by molar-refractivity contribution is 7.98. The molecule has 0 heterocycles. The number of thioether (sulfide) groups is 1. The van der Waals surface area contributed by atoms with E-state index in [4.69, 9.17) is 0 Å². The molecule has 4 unspecified atom stereocenters. The number of rotatable bonds is 6. The monoisotopic (exact) mass is 331 g/mol. The van der Waals surface area contributed by atoms with Crippen LogP contribution in [0, 0.1) is 23.7 Å². The number of aryl methyl sites for hydroxylation is 1. The summed E-state index contributed by atoms with van der Waals surface area (Å²) < 4.78 is 0. The quantitative estimate of drug-likeness (QED) is 0.786. The molecule has 0 aromatic heterocycles. The third kappa shape index (κ3) is 3.29. The highest BCUT2D eigenvalue weighted by Crippen LogP contribution is 2.48. The summed E-state index contributed by atoms with van der Waals surface area (Å²) >= 11 is 1.81. The fourth-order valence-corrected chi connectivity index (χ4v) is 4.16. The van der Waals surface area contributed by atoms with E-state index in [-0.39, 0.29) is 17.7 Å². The molecule has 0 aliphatic heterocycles. The summed E-state index contributed by atoms with van der Waals surface area (Å²) in [4.78, 5) is 24.1. The van der Waals surface area contributed by atoms with E-state index in [9.17, 15) is 14.7 Å². The van der Waals surface area contributed by atoms with Crippen molar-refractivity contribution in [2.24, 2.45) is 23.7 Å². The Kier molecular flexibility index (Phi) is 4.76. The van der Waals surface area contributed by atoms with E-state index in [1.54, 1.807) is 11.8 Å². The lowest BCUT2D eigenvalue weighted by Gasteiger charge is -2.23. The topological polar surface area (TPSA) is 66.4 Å². The van der Waals surface area contributed by atoms with Crippen LogP contribution in [-0.4, -0.2) is 29.0 Å². The van der Waals surface area contributed by atoms with Gasteiger partial charge < -0.3 is 10.4 Å². The normalized spacial score (nSPS) is 28.0. The summed E-state index contributed by atoms with van der Waals surface area (Å²) in [5.74, 6) is -0.960. The lowest BCUT2D eigenvalue weighted by Crippen LogP contribution is -2.36. The van der Waals surface area contributed by atoms with Gasteiger partial charge in [0.1, 0.15) is 0 Å². The first-order valence-corrected chi connectivity index (χ1v) is 9.29. The second-order valence-corrected chi connectivity index (χ2v) is 7.25. The molecule has 1 aromatic carbocycles. The zero-order chi connectivity index (χ0) is 16.4. The van der Waals surface area contributed by atoms with Crippen LogP contribution in [0.3, 0.4) is 0 Å². The molecule has 122 valence electrons. The van der Waals surface area contributed by atoms with Crippen molar-refractivity contribution >= 4 is 29.3 Å². The molecular weight excluding hydrogens is 310 g/mol. The minimum absolute atomic E-state index is 0.00201. The van der Waals surface area contributed by atoms with Crippen molar-refractivity contribution in [3.8, 4) is 0 Å². The van der Waals surface area contributed by atoms with Gasteiger partial charge in [-0.2, -0.15) is 11.8 Å². The first kappa shape index (κ1) is 16.1. The molecule has 4 atom stereocenters. The lowest BCUT2D eigenvalue weighted by atomic mass is 9.82. The van der Waals surface area contributed by atoms with Gasteiger partial charge >= 0.3 is 5.97 Å². The number of amides is 1. The molecule has 0 spiro atoms. The van der Waals surface area contributed by atoms with E-state index in [1.807, 2.05) is 36.4 Å². The Hall–Kier alpha value is -1.75. The highest BCUT2D eigenvalue weighted by Gasteiger charge is 2.51. The Bertz CT molecular complexity index is 626. The van der Waals surface area contributed by atoms with Gasteiger partial charge in [-0.05, 0) is 54.4 Å². The second kappa shape index (κ2) is 6.79. The summed E-state index contributed by atoms with van der Waals surface area (Å²) in [6, 6.07) is 7.82. The molecule has 2 aliphatic carbocycles. The molecule has 2 bridgehead atoms. The minimum Gasteiger partial charge on any atom is -0.481 e. The van der Waals surface area contributed by atoms with E-state index in [0.29, 0.717) is 0 Å². The van der Waals surface area contributed by atoms with Crippen LogP contribution in [0.5, 0.6) is 0 Å². The Labute approximate surface area is 140 Å². The van der Waals surface area contributed by atoms with Gasteiger partial charge in [0.15, 0.2) is 0 Å². The van der Waals surface area contributed by atoms with Gasteiger partial charge in [-0.3, -0.25) is 9.59 Å². The lowest BCUT2D eigenvalue weighted by molar-refractivity contribution is -0.146. The SMILES string of the molecule is CSCCc1ccc(NC(=O)C2C3C=CC(C3)C2C(=O)O)cc1. The van der Waals surface area contributed by atoms with Crippen LogP contribution in [0.25, 0.3) is 0 Å². The van der Waals surface area contributed by atoms with E-state index >= 15 is 0 Å². The number of fused-ring (bicyclic) bond motifs is 2. The number of carboxylic acid groups (broad SMARTS) is 1. The van der Waals surface area contributed by atoms with Crippen molar-refractivity contribution in [3.63, 3.8) is 0 Å². The molecule has 0 radical (unpaired) electrons. The van der Waals surface area contributed by atoms with Gasteiger partial charge in [-0.15, -0.1) is 0 Å².